The van der Waals surface area contributed by atoms with Crippen molar-refractivity contribution in [1.82, 2.24) is 19.8 Å². The Hall–Kier alpha value is -2.08. The van der Waals surface area contributed by atoms with Gasteiger partial charge in [0, 0.05) is 44.4 Å². The lowest BCUT2D eigenvalue weighted by molar-refractivity contribution is -0.121. The smallest absolute Gasteiger partial charge is 0.220 e. The molecular weight excluding hydrogens is 292 g/mol. The molecule has 23 heavy (non-hydrogen) atoms. The van der Waals surface area contributed by atoms with Gasteiger partial charge in [-0.3, -0.25) is 9.69 Å². The highest BCUT2D eigenvalue weighted by atomic mass is 16.3. The molecule has 4 rings (SSSR count). The number of carbonyl (C=O) groups is 1. The Kier molecular flexibility index (Phi) is 3.91. The summed E-state index contributed by atoms with van der Waals surface area (Å²) in [7, 11) is 0. The van der Waals surface area contributed by atoms with Crippen LogP contribution in [0.25, 0.3) is 0 Å². The summed E-state index contributed by atoms with van der Waals surface area (Å²) >= 11 is 0. The third-order valence-electron chi connectivity index (χ3n) is 4.69. The van der Waals surface area contributed by atoms with Gasteiger partial charge in [0.05, 0.1) is 30.6 Å². The molecule has 1 atom stereocenters. The van der Waals surface area contributed by atoms with Crippen molar-refractivity contribution in [3.8, 4) is 0 Å². The van der Waals surface area contributed by atoms with Crippen LogP contribution >= 0.6 is 0 Å². The topological polar surface area (TPSA) is 63.3 Å². The molecular formula is C17H22N4O2. The quantitative estimate of drug-likeness (QED) is 0.885. The van der Waals surface area contributed by atoms with Crippen molar-refractivity contribution in [2.75, 3.05) is 13.1 Å². The van der Waals surface area contributed by atoms with E-state index >= 15 is 0 Å². The zero-order chi connectivity index (χ0) is 15.6. The van der Waals surface area contributed by atoms with E-state index in [0.29, 0.717) is 18.9 Å². The monoisotopic (exact) mass is 314 g/mol. The van der Waals surface area contributed by atoms with Gasteiger partial charge in [0.2, 0.25) is 5.91 Å². The normalized spacial score (nSPS) is 21.1. The second-order valence-electron chi connectivity index (χ2n) is 6.70. The van der Waals surface area contributed by atoms with Crippen LogP contribution in [-0.4, -0.2) is 33.4 Å². The minimum atomic E-state index is 0.182. The molecule has 3 heterocycles. The van der Waals surface area contributed by atoms with E-state index in [9.17, 15) is 4.79 Å². The maximum atomic E-state index is 12.0. The van der Waals surface area contributed by atoms with E-state index in [1.807, 2.05) is 18.6 Å². The summed E-state index contributed by atoms with van der Waals surface area (Å²) in [6.07, 6.45) is 10.4. The van der Waals surface area contributed by atoms with Crippen LogP contribution in [0.4, 0.5) is 0 Å². The molecule has 6 nitrogen and oxygen atoms in total. The lowest BCUT2D eigenvalue weighted by atomic mass is 10.1. The molecule has 0 radical (unpaired) electrons. The Labute approximate surface area is 135 Å². The second-order valence-corrected chi connectivity index (χ2v) is 6.70. The lowest BCUT2D eigenvalue weighted by Gasteiger charge is -2.34. The Morgan fingerprint density at radius 2 is 2.35 bits per heavy atom. The third-order valence-corrected chi connectivity index (χ3v) is 4.69. The third kappa shape index (κ3) is 3.47. The first-order valence-corrected chi connectivity index (χ1v) is 8.29. The molecule has 1 fully saturated rings. The SMILES string of the molecule is O=C(CC1CC1)NC[C@H]1CN(Cc2ccoc2)Cc2cncn21. The average Bonchev–Trinajstić information content (AvgIpc) is 3.02. The Bertz CT molecular complexity index is 660. The standard InChI is InChI=1S/C17H22N4O2/c22-17(5-13-1-2-13)19-7-16-10-20(8-14-3-4-23-11-14)9-15-6-18-12-21(15)16/h3-4,6,11-13,16H,1-2,5,7-10H2,(H,19,22)/t16-/m0/s1. The van der Waals surface area contributed by atoms with Gasteiger partial charge in [0.25, 0.3) is 0 Å². The summed E-state index contributed by atoms with van der Waals surface area (Å²) in [5, 5.41) is 3.10. The van der Waals surface area contributed by atoms with Crippen LogP contribution in [0.2, 0.25) is 0 Å². The summed E-state index contributed by atoms with van der Waals surface area (Å²) in [6, 6.07) is 2.23. The van der Waals surface area contributed by atoms with Crippen molar-refractivity contribution in [3.63, 3.8) is 0 Å². The van der Waals surface area contributed by atoms with Crippen LogP contribution in [0.1, 0.15) is 36.6 Å². The number of nitrogens with zero attached hydrogens (tertiary/aromatic N) is 3. The van der Waals surface area contributed by atoms with Gasteiger partial charge in [-0.15, -0.1) is 0 Å². The molecule has 0 aromatic carbocycles. The molecule has 0 bridgehead atoms. The Morgan fingerprint density at radius 1 is 1.43 bits per heavy atom. The summed E-state index contributed by atoms with van der Waals surface area (Å²) in [5.41, 5.74) is 2.37. The molecule has 122 valence electrons. The van der Waals surface area contributed by atoms with E-state index in [1.54, 1.807) is 12.5 Å². The van der Waals surface area contributed by atoms with Gasteiger partial charge >= 0.3 is 0 Å². The van der Waals surface area contributed by atoms with Gasteiger partial charge in [-0.25, -0.2) is 4.98 Å². The molecule has 1 amide bonds. The number of fused-ring (bicyclic) bond motifs is 1. The van der Waals surface area contributed by atoms with Crippen molar-refractivity contribution in [3.05, 3.63) is 42.4 Å². The average molecular weight is 314 g/mol. The van der Waals surface area contributed by atoms with E-state index in [-0.39, 0.29) is 11.9 Å². The number of imidazole rings is 1. The summed E-state index contributed by atoms with van der Waals surface area (Å²) in [5.74, 6) is 0.809. The molecule has 0 spiro atoms. The molecule has 2 aromatic heterocycles. The van der Waals surface area contributed by atoms with Crippen LogP contribution in [0, 0.1) is 5.92 Å². The molecule has 1 aliphatic heterocycles. The van der Waals surface area contributed by atoms with Crippen molar-refractivity contribution in [1.29, 1.82) is 0 Å². The highest BCUT2D eigenvalue weighted by molar-refractivity contribution is 5.76. The van der Waals surface area contributed by atoms with Gasteiger partial charge in [-0.2, -0.15) is 0 Å². The summed E-state index contributed by atoms with van der Waals surface area (Å²) in [4.78, 5) is 18.6. The number of rotatable bonds is 6. The molecule has 1 N–H and O–H groups in total. The molecule has 0 saturated heterocycles. The fourth-order valence-corrected chi connectivity index (χ4v) is 3.28. The molecule has 6 heteroatoms. The predicted octanol–water partition coefficient (Wildman–Crippen LogP) is 1.95. The van der Waals surface area contributed by atoms with E-state index in [2.05, 4.69) is 19.8 Å². The number of amides is 1. The van der Waals surface area contributed by atoms with E-state index in [1.165, 1.54) is 24.1 Å². The first-order valence-electron chi connectivity index (χ1n) is 8.29. The van der Waals surface area contributed by atoms with Crippen LogP contribution in [-0.2, 0) is 17.9 Å². The maximum absolute atomic E-state index is 12.0. The van der Waals surface area contributed by atoms with Crippen LogP contribution in [0.5, 0.6) is 0 Å². The van der Waals surface area contributed by atoms with Crippen molar-refractivity contribution in [2.24, 2.45) is 5.92 Å². The first kappa shape index (κ1) is 14.5. The van der Waals surface area contributed by atoms with Crippen molar-refractivity contribution >= 4 is 5.91 Å². The van der Waals surface area contributed by atoms with Gasteiger partial charge in [-0.1, -0.05) is 0 Å². The minimum absolute atomic E-state index is 0.182. The number of hydrogen-bond donors (Lipinski definition) is 1. The minimum Gasteiger partial charge on any atom is -0.472 e. The van der Waals surface area contributed by atoms with Crippen LogP contribution in [0.3, 0.4) is 0 Å². The highest BCUT2D eigenvalue weighted by Crippen LogP contribution is 2.32. The highest BCUT2D eigenvalue weighted by Gasteiger charge is 2.27. The van der Waals surface area contributed by atoms with Crippen molar-refractivity contribution < 1.29 is 9.21 Å². The molecule has 1 saturated carbocycles. The zero-order valence-electron chi connectivity index (χ0n) is 13.1. The van der Waals surface area contributed by atoms with Gasteiger partial charge in [0.1, 0.15) is 0 Å². The van der Waals surface area contributed by atoms with Crippen molar-refractivity contribution in [2.45, 2.75) is 38.4 Å². The van der Waals surface area contributed by atoms with Crippen LogP contribution in [0.15, 0.2) is 35.5 Å². The van der Waals surface area contributed by atoms with E-state index < -0.39 is 0 Å². The predicted molar refractivity (Wildman–Crippen MR) is 84.4 cm³/mol. The van der Waals surface area contributed by atoms with Gasteiger partial charge in [0.15, 0.2) is 0 Å². The number of furan rings is 1. The number of carbonyl (C=O) groups excluding carboxylic acids is 1. The molecule has 0 unspecified atom stereocenters. The summed E-state index contributed by atoms with van der Waals surface area (Å²) in [6.45, 7) is 3.29. The number of nitrogens with one attached hydrogen (secondary N) is 1. The molecule has 2 aliphatic rings. The fourth-order valence-electron chi connectivity index (χ4n) is 3.28. The lowest BCUT2D eigenvalue weighted by Crippen LogP contribution is -2.42. The summed E-state index contributed by atoms with van der Waals surface area (Å²) < 4.78 is 7.36. The number of aromatic nitrogens is 2. The largest absolute Gasteiger partial charge is 0.472 e. The van der Waals surface area contributed by atoms with E-state index in [0.717, 1.165) is 19.6 Å². The molecule has 1 aliphatic carbocycles. The molecule has 2 aromatic rings. The van der Waals surface area contributed by atoms with Crippen LogP contribution < -0.4 is 5.32 Å². The number of hydrogen-bond acceptors (Lipinski definition) is 4. The Morgan fingerprint density at radius 3 is 3.13 bits per heavy atom. The second kappa shape index (κ2) is 6.20. The van der Waals surface area contributed by atoms with Gasteiger partial charge in [-0.05, 0) is 24.8 Å². The van der Waals surface area contributed by atoms with E-state index in [4.69, 9.17) is 4.42 Å². The Balaban J connectivity index is 1.39. The maximum Gasteiger partial charge on any atom is 0.220 e. The zero-order valence-corrected chi connectivity index (χ0v) is 13.1. The van der Waals surface area contributed by atoms with Gasteiger partial charge < -0.3 is 14.3 Å². The fraction of sp³-hybridized carbons (Fsp3) is 0.529. The first-order chi connectivity index (χ1) is 11.3.